The topological polar surface area (TPSA) is 86.3 Å². The third-order valence-electron chi connectivity index (χ3n) is 4.58. The van der Waals surface area contributed by atoms with Crippen molar-refractivity contribution in [1.82, 2.24) is 19.8 Å². The summed E-state index contributed by atoms with van der Waals surface area (Å²) in [6.45, 7) is -0.930. The molecular formula is C20H21F2N5O2S. The summed E-state index contributed by atoms with van der Waals surface area (Å²) in [5.41, 5.74) is 1.63. The summed E-state index contributed by atoms with van der Waals surface area (Å²) in [6.07, 6.45) is 0. The molecule has 0 aliphatic carbocycles. The fraction of sp³-hybridized carbons (Fsp3) is 0.250. The maximum Gasteiger partial charge on any atom is 0.387 e. The van der Waals surface area contributed by atoms with Crippen molar-refractivity contribution in [2.24, 2.45) is 0 Å². The number of benzene rings is 2. The molecule has 3 aromatic rings. The zero-order valence-corrected chi connectivity index (χ0v) is 17.2. The van der Waals surface area contributed by atoms with Crippen LogP contribution in [0.1, 0.15) is 18.5 Å². The first-order chi connectivity index (χ1) is 14.4. The van der Waals surface area contributed by atoms with Gasteiger partial charge >= 0.3 is 6.61 Å². The van der Waals surface area contributed by atoms with Gasteiger partial charge in [0.05, 0.1) is 11.8 Å². The summed E-state index contributed by atoms with van der Waals surface area (Å²) in [7, 11) is 1.75. The Morgan fingerprint density at radius 3 is 2.47 bits per heavy atom. The first kappa shape index (κ1) is 21.6. The predicted octanol–water partition coefficient (Wildman–Crippen LogP) is 3.57. The molecule has 0 aliphatic heterocycles. The van der Waals surface area contributed by atoms with Crippen molar-refractivity contribution in [2.75, 3.05) is 18.6 Å². The quantitative estimate of drug-likeness (QED) is 0.432. The molecule has 1 aromatic heterocycles. The van der Waals surface area contributed by atoms with Gasteiger partial charge in [0.2, 0.25) is 11.1 Å². The first-order valence-electron chi connectivity index (χ1n) is 9.06. The molecule has 0 fully saturated rings. The molecule has 1 atom stereocenters. The van der Waals surface area contributed by atoms with Crippen LogP contribution in [-0.2, 0) is 4.79 Å². The van der Waals surface area contributed by atoms with Crippen LogP contribution >= 0.6 is 11.8 Å². The zero-order chi connectivity index (χ0) is 21.7. The van der Waals surface area contributed by atoms with Crippen molar-refractivity contribution in [3.8, 4) is 17.1 Å². The number of rotatable bonds is 8. The van der Waals surface area contributed by atoms with Gasteiger partial charge in [0.25, 0.3) is 0 Å². The summed E-state index contributed by atoms with van der Waals surface area (Å²) >= 11 is 1.17. The van der Waals surface area contributed by atoms with Gasteiger partial charge in [-0.2, -0.15) is 8.78 Å². The molecule has 0 spiro atoms. The van der Waals surface area contributed by atoms with Gasteiger partial charge in [0.1, 0.15) is 5.75 Å². The van der Waals surface area contributed by atoms with Gasteiger partial charge in [-0.05, 0) is 36.8 Å². The second-order valence-electron chi connectivity index (χ2n) is 6.46. The second-order valence-corrected chi connectivity index (χ2v) is 7.40. The molecule has 0 bridgehead atoms. The average molecular weight is 433 g/mol. The molecule has 0 saturated carbocycles. The number of alkyl halides is 2. The summed E-state index contributed by atoms with van der Waals surface area (Å²) in [5.74, 6) is 6.51. The number of halogens is 2. The average Bonchev–Trinajstić information content (AvgIpc) is 3.12. The second kappa shape index (κ2) is 9.57. The van der Waals surface area contributed by atoms with Gasteiger partial charge in [-0.15, -0.1) is 10.2 Å². The Balaban J connectivity index is 1.63. The van der Waals surface area contributed by atoms with E-state index in [0.29, 0.717) is 16.5 Å². The highest BCUT2D eigenvalue weighted by Crippen LogP contribution is 2.25. The Labute approximate surface area is 176 Å². The van der Waals surface area contributed by atoms with Gasteiger partial charge in [0.15, 0.2) is 5.82 Å². The number of nitrogens with zero attached hydrogens (tertiary/aromatic N) is 4. The Kier molecular flexibility index (Phi) is 6.88. The standard InChI is InChI=1S/C20H21F2N5O2S/c1-13(14-6-4-3-5-7-14)26(2)17(28)12-30-20-25-24-18(27(20)23)15-8-10-16(11-9-15)29-19(21)22/h3-11,13,19H,12,23H2,1-2H3. The van der Waals surface area contributed by atoms with Crippen LogP contribution in [-0.4, -0.2) is 45.1 Å². The number of nitrogens with two attached hydrogens (primary N) is 1. The molecule has 30 heavy (non-hydrogen) atoms. The van der Waals surface area contributed by atoms with Crippen molar-refractivity contribution in [1.29, 1.82) is 0 Å². The van der Waals surface area contributed by atoms with E-state index in [2.05, 4.69) is 14.9 Å². The minimum Gasteiger partial charge on any atom is -0.435 e. The number of ether oxygens (including phenoxy) is 1. The normalized spacial score (nSPS) is 12.0. The number of aromatic nitrogens is 3. The van der Waals surface area contributed by atoms with Gasteiger partial charge in [-0.1, -0.05) is 42.1 Å². The van der Waals surface area contributed by atoms with Crippen LogP contribution in [0.4, 0.5) is 8.78 Å². The van der Waals surface area contributed by atoms with E-state index in [4.69, 9.17) is 5.84 Å². The van der Waals surface area contributed by atoms with Gasteiger partial charge in [-0.3, -0.25) is 4.79 Å². The monoisotopic (exact) mass is 433 g/mol. The van der Waals surface area contributed by atoms with Crippen molar-refractivity contribution < 1.29 is 18.3 Å². The Morgan fingerprint density at radius 1 is 1.17 bits per heavy atom. The molecular weight excluding hydrogens is 412 g/mol. The molecule has 3 rings (SSSR count). The molecule has 10 heteroatoms. The van der Waals surface area contributed by atoms with E-state index in [9.17, 15) is 13.6 Å². The van der Waals surface area contributed by atoms with Crippen LogP contribution in [0, 0.1) is 0 Å². The minimum absolute atomic E-state index is 0.0348. The highest BCUT2D eigenvalue weighted by Gasteiger charge is 2.19. The molecule has 1 heterocycles. The fourth-order valence-electron chi connectivity index (χ4n) is 2.76. The predicted molar refractivity (Wildman–Crippen MR) is 111 cm³/mol. The molecule has 0 radical (unpaired) electrons. The lowest BCUT2D eigenvalue weighted by Gasteiger charge is -2.25. The van der Waals surface area contributed by atoms with Crippen molar-refractivity contribution in [3.63, 3.8) is 0 Å². The Bertz CT molecular complexity index is 983. The van der Waals surface area contributed by atoms with Crippen LogP contribution < -0.4 is 10.6 Å². The summed E-state index contributed by atoms with van der Waals surface area (Å²) in [4.78, 5) is 14.2. The lowest BCUT2D eigenvalue weighted by atomic mass is 10.1. The van der Waals surface area contributed by atoms with Gasteiger partial charge < -0.3 is 15.5 Å². The van der Waals surface area contributed by atoms with Crippen LogP contribution in [0.25, 0.3) is 11.4 Å². The first-order valence-corrected chi connectivity index (χ1v) is 10.0. The minimum atomic E-state index is -2.89. The lowest BCUT2D eigenvalue weighted by Crippen LogP contribution is -2.31. The zero-order valence-electron chi connectivity index (χ0n) is 16.4. The van der Waals surface area contributed by atoms with E-state index in [0.717, 1.165) is 5.56 Å². The van der Waals surface area contributed by atoms with Crippen LogP contribution in [0.5, 0.6) is 5.75 Å². The largest absolute Gasteiger partial charge is 0.435 e. The number of hydrogen-bond acceptors (Lipinski definition) is 6. The number of thioether (sulfide) groups is 1. The van der Waals surface area contributed by atoms with Crippen LogP contribution in [0.2, 0.25) is 0 Å². The number of carbonyl (C=O) groups excluding carboxylic acids is 1. The Hall–Kier alpha value is -3.14. The number of carbonyl (C=O) groups is 1. The SMILES string of the molecule is CC(c1ccccc1)N(C)C(=O)CSc1nnc(-c2ccc(OC(F)F)cc2)n1N. The molecule has 2 N–H and O–H groups in total. The summed E-state index contributed by atoms with van der Waals surface area (Å²) in [5, 5.41) is 8.43. The maximum absolute atomic E-state index is 12.6. The van der Waals surface area contributed by atoms with Gasteiger partial charge in [-0.25, -0.2) is 4.68 Å². The molecule has 0 saturated heterocycles. The third kappa shape index (κ3) is 5.07. The number of nitrogen functional groups attached to an aromatic ring is 1. The van der Waals surface area contributed by atoms with E-state index in [1.54, 1.807) is 24.1 Å². The highest BCUT2D eigenvalue weighted by molar-refractivity contribution is 7.99. The number of hydrogen-bond donors (Lipinski definition) is 1. The molecule has 2 aromatic carbocycles. The molecule has 1 amide bonds. The third-order valence-corrected chi connectivity index (χ3v) is 5.51. The molecule has 7 nitrogen and oxygen atoms in total. The van der Waals surface area contributed by atoms with Crippen molar-refractivity contribution in [3.05, 3.63) is 60.2 Å². The van der Waals surface area contributed by atoms with Crippen LogP contribution in [0.15, 0.2) is 59.8 Å². The van der Waals surface area contributed by atoms with E-state index in [-0.39, 0.29) is 23.5 Å². The van der Waals surface area contributed by atoms with Crippen molar-refractivity contribution >= 4 is 17.7 Å². The van der Waals surface area contributed by atoms with E-state index >= 15 is 0 Å². The molecule has 0 aliphatic rings. The highest BCUT2D eigenvalue weighted by atomic mass is 32.2. The lowest BCUT2D eigenvalue weighted by molar-refractivity contribution is -0.128. The van der Waals surface area contributed by atoms with E-state index in [1.165, 1.54) is 28.6 Å². The maximum atomic E-state index is 12.6. The fourth-order valence-corrected chi connectivity index (χ4v) is 3.54. The summed E-state index contributed by atoms with van der Waals surface area (Å²) in [6, 6.07) is 15.6. The van der Waals surface area contributed by atoms with E-state index < -0.39 is 6.61 Å². The summed E-state index contributed by atoms with van der Waals surface area (Å²) < 4.78 is 30.1. The number of amides is 1. The van der Waals surface area contributed by atoms with Gasteiger partial charge in [0, 0.05) is 12.6 Å². The van der Waals surface area contributed by atoms with Crippen LogP contribution in [0.3, 0.4) is 0 Å². The molecule has 1 unspecified atom stereocenters. The van der Waals surface area contributed by atoms with Crippen molar-refractivity contribution in [2.45, 2.75) is 24.7 Å². The Morgan fingerprint density at radius 2 is 1.83 bits per heavy atom. The smallest absolute Gasteiger partial charge is 0.387 e. The molecule has 158 valence electrons. The van der Waals surface area contributed by atoms with E-state index in [1.807, 2.05) is 37.3 Å².